The molecule has 6 rings (SSSR count). The molecule has 4 aliphatic carbocycles. The van der Waals surface area contributed by atoms with Gasteiger partial charge < -0.3 is 4.74 Å². The highest BCUT2D eigenvalue weighted by Crippen LogP contribution is 2.60. The van der Waals surface area contributed by atoms with E-state index >= 15 is 0 Å². The van der Waals surface area contributed by atoms with Gasteiger partial charge >= 0.3 is 5.97 Å². The molecule has 0 heterocycles. The average Bonchev–Trinajstić information content (AvgIpc) is 2.67. The normalized spacial score (nSPS) is 30.2. The Labute approximate surface area is 163 Å². The maximum absolute atomic E-state index is 12.4. The zero-order chi connectivity index (χ0) is 19.3. The molecule has 5 nitrogen and oxygen atoms in total. The molecule has 0 aliphatic heterocycles. The lowest BCUT2D eigenvalue weighted by Gasteiger charge is -2.57. The molecule has 0 atom stereocenters. The van der Waals surface area contributed by atoms with Crippen LogP contribution in [0, 0.1) is 27.9 Å². The summed E-state index contributed by atoms with van der Waals surface area (Å²) in [5.41, 5.74) is 1.75. The molecule has 0 spiro atoms. The van der Waals surface area contributed by atoms with E-state index in [1.807, 2.05) is 12.1 Å². The summed E-state index contributed by atoms with van der Waals surface area (Å²) in [4.78, 5) is 22.7. The van der Waals surface area contributed by atoms with E-state index in [0.29, 0.717) is 11.2 Å². The molecule has 4 saturated carbocycles. The monoisotopic (exact) mass is 377 g/mol. The van der Waals surface area contributed by atoms with Gasteiger partial charge in [-0.05, 0) is 85.5 Å². The smallest absolute Gasteiger partial charge is 0.343 e. The van der Waals surface area contributed by atoms with Crippen molar-refractivity contribution in [2.75, 3.05) is 0 Å². The van der Waals surface area contributed by atoms with E-state index in [9.17, 15) is 14.9 Å². The second-order valence-electron chi connectivity index (χ2n) is 8.92. The van der Waals surface area contributed by atoms with Crippen LogP contribution in [0.15, 0.2) is 48.5 Å². The molecule has 4 aliphatic rings. The van der Waals surface area contributed by atoms with Crippen molar-refractivity contribution in [1.29, 1.82) is 0 Å². The van der Waals surface area contributed by atoms with Crippen molar-refractivity contribution in [3.8, 4) is 5.75 Å². The first-order valence-electron chi connectivity index (χ1n) is 10.1. The number of carbonyl (C=O) groups excluding carboxylic acids is 1. The molecule has 4 fully saturated rings. The number of benzene rings is 2. The molecule has 0 unspecified atom stereocenters. The molecule has 5 heteroatoms. The van der Waals surface area contributed by atoms with Gasteiger partial charge in [0.05, 0.1) is 10.5 Å². The summed E-state index contributed by atoms with van der Waals surface area (Å²) in [6, 6.07) is 13.6. The van der Waals surface area contributed by atoms with Gasteiger partial charge in [-0.2, -0.15) is 0 Å². The summed E-state index contributed by atoms with van der Waals surface area (Å²) in [6.07, 6.45) is 8.14. The standard InChI is InChI=1S/C23H23NO4/c25-22(18-2-1-3-20(11-18)24(26)27)28-21-6-4-19(5-7-21)23-12-15-8-16(13-23)10-17(9-15)14-23/h1-7,11,15-17H,8-10,12-14H2. The minimum atomic E-state index is -0.578. The van der Waals surface area contributed by atoms with Gasteiger partial charge in [0.1, 0.15) is 5.75 Å². The van der Waals surface area contributed by atoms with Crippen molar-refractivity contribution >= 4 is 11.7 Å². The Morgan fingerprint density at radius 2 is 1.57 bits per heavy atom. The van der Waals surface area contributed by atoms with Crippen molar-refractivity contribution in [2.24, 2.45) is 17.8 Å². The molecule has 2 aromatic carbocycles. The molecule has 0 amide bonds. The Morgan fingerprint density at radius 1 is 0.964 bits per heavy atom. The number of esters is 1. The number of ether oxygens (including phenoxy) is 1. The van der Waals surface area contributed by atoms with Crippen LogP contribution in [0.2, 0.25) is 0 Å². The molecule has 2 aromatic rings. The predicted molar refractivity (Wildman–Crippen MR) is 104 cm³/mol. The number of nitro groups is 1. The topological polar surface area (TPSA) is 69.4 Å². The molecule has 0 saturated heterocycles. The van der Waals surface area contributed by atoms with Gasteiger partial charge in [-0.3, -0.25) is 10.1 Å². The summed E-state index contributed by atoms with van der Waals surface area (Å²) < 4.78 is 5.45. The van der Waals surface area contributed by atoms with Crippen LogP contribution in [0.4, 0.5) is 5.69 Å². The Morgan fingerprint density at radius 3 is 2.14 bits per heavy atom. The average molecular weight is 377 g/mol. The van der Waals surface area contributed by atoms with Crippen LogP contribution in [0.1, 0.15) is 54.4 Å². The number of carbonyl (C=O) groups is 1. The van der Waals surface area contributed by atoms with Gasteiger partial charge in [0, 0.05) is 12.1 Å². The fourth-order valence-corrected chi connectivity index (χ4v) is 6.25. The highest BCUT2D eigenvalue weighted by molar-refractivity contribution is 5.91. The summed E-state index contributed by atoms with van der Waals surface area (Å²) in [6.45, 7) is 0. The van der Waals surface area contributed by atoms with Gasteiger partial charge in [0.15, 0.2) is 0 Å². The van der Waals surface area contributed by atoms with Crippen molar-refractivity contribution in [1.82, 2.24) is 0 Å². The molecule has 28 heavy (non-hydrogen) atoms. The number of hydrogen-bond acceptors (Lipinski definition) is 4. The van der Waals surface area contributed by atoms with Crippen molar-refractivity contribution in [2.45, 2.75) is 43.9 Å². The lowest BCUT2D eigenvalue weighted by molar-refractivity contribution is -0.384. The maximum Gasteiger partial charge on any atom is 0.343 e. The Bertz CT molecular complexity index is 899. The van der Waals surface area contributed by atoms with Gasteiger partial charge in [0.2, 0.25) is 0 Å². The van der Waals surface area contributed by atoms with E-state index in [0.717, 1.165) is 17.8 Å². The van der Waals surface area contributed by atoms with E-state index in [-0.39, 0.29) is 11.3 Å². The molecule has 0 aromatic heterocycles. The van der Waals surface area contributed by atoms with Crippen molar-refractivity contribution in [3.63, 3.8) is 0 Å². The second kappa shape index (κ2) is 6.43. The third-order valence-electron chi connectivity index (χ3n) is 7.01. The van der Waals surface area contributed by atoms with Crippen LogP contribution in [0.3, 0.4) is 0 Å². The van der Waals surface area contributed by atoms with Crippen molar-refractivity contribution in [3.05, 3.63) is 69.8 Å². The second-order valence-corrected chi connectivity index (χ2v) is 8.92. The van der Waals surface area contributed by atoms with Gasteiger partial charge in [-0.15, -0.1) is 0 Å². The van der Waals surface area contributed by atoms with E-state index < -0.39 is 10.9 Å². The Hall–Kier alpha value is -2.69. The van der Waals surface area contributed by atoms with E-state index in [1.165, 1.54) is 68.4 Å². The molecular weight excluding hydrogens is 354 g/mol. The minimum absolute atomic E-state index is 0.119. The molecule has 0 N–H and O–H groups in total. The zero-order valence-electron chi connectivity index (χ0n) is 15.7. The lowest BCUT2D eigenvalue weighted by Crippen LogP contribution is -2.48. The molecular formula is C23H23NO4. The molecule has 4 bridgehead atoms. The third-order valence-corrected chi connectivity index (χ3v) is 7.01. The van der Waals surface area contributed by atoms with Crippen LogP contribution in [0.5, 0.6) is 5.75 Å². The van der Waals surface area contributed by atoms with Crippen LogP contribution in [-0.4, -0.2) is 10.9 Å². The van der Waals surface area contributed by atoms with Gasteiger partial charge in [-0.1, -0.05) is 18.2 Å². The first-order valence-corrected chi connectivity index (χ1v) is 10.1. The SMILES string of the molecule is O=C(Oc1ccc(C23CC4CC(CC(C4)C2)C3)cc1)c1cccc([N+](=O)[O-])c1. The first kappa shape index (κ1) is 17.4. The predicted octanol–water partition coefficient (Wildman–Crippen LogP) is 5.28. The quantitative estimate of drug-likeness (QED) is 0.314. The van der Waals surface area contributed by atoms with Gasteiger partial charge in [0.25, 0.3) is 5.69 Å². The van der Waals surface area contributed by atoms with Gasteiger partial charge in [-0.25, -0.2) is 4.79 Å². The molecule has 0 radical (unpaired) electrons. The van der Waals surface area contributed by atoms with Crippen LogP contribution in [0.25, 0.3) is 0 Å². The van der Waals surface area contributed by atoms with E-state index in [1.54, 1.807) is 0 Å². The number of non-ortho nitro benzene ring substituents is 1. The fourth-order valence-electron chi connectivity index (χ4n) is 6.25. The van der Waals surface area contributed by atoms with Crippen LogP contribution < -0.4 is 4.74 Å². The number of rotatable bonds is 4. The Kier molecular flexibility index (Phi) is 4.00. The molecule has 144 valence electrons. The highest BCUT2D eigenvalue weighted by atomic mass is 16.6. The summed E-state index contributed by atoms with van der Waals surface area (Å²) in [7, 11) is 0. The van der Waals surface area contributed by atoms with E-state index in [2.05, 4.69) is 12.1 Å². The summed E-state index contributed by atoms with van der Waals surface area (Å²) in [5, 5.41) is 10.9. The van der Waals surface area contributed by atoms with Crippen molar-refractivity contribution < 1.29 is 14.5 Å². The number of nitro benzene ring substituents is 1. The maximum atomic E-state index is 12.4. The number of hydrogen-bond donors (Lipinski definition) is 0. The third kappa shape index (κ3) is 2.99. The van der Waals surface area contributed by atoms with Crippen LogP contribution >= 0.6 is 0 Å². The van der Waals surface area contributed by atoms with E-state index in [4.69, 9.17) is 4.74 Å². The Balaban J connectivity index is 1.33. The zero-order valence-corrected chi connectivity index (χ0v) is 15.7. The minimum Gasteiger partial charge on any atom is -0.423 e. The summed E-state index contributed by atoms with van der Waals surface area (Å²) >= 11 is 0. The highest BCUT2D eigenvalue weighted by Gasteiger charge is 2.51. The fraction of sp³-hybridized carbons (Fsp3) is 0.435. The first-order chi connectivity index (χ1) is 13.5. The number of nitrogens with zero attached hydrogens (tertiary/aromatic N) is 1. The summed E-state index contributed by atoms with van der Waals surface area (Å²) in [5.74, 6) is 2.56. The van der Waals surface area contributed by atoms with Crippen LogP contribution in [-0.2, 0) is 5.41 Å². The lowest BCUT2D eigenvalue weighted by atomic mass is 9.48. The largest absolute Gasteiger partial charge is 0.423 e.